The molecule has 0 bridgehead atoms. The van der Waals surface area contributed by atoms with Gasteiger partial charge in [0.25, 0.3) is 0 Å². The number of rotatable bonds is 20. The van der Waals surface area contributed by atoms with Crippen molar-refractivity contribution < 1.29 is 19.0 Å². The van der Waals surface area contributed by atoms with Crippen LogP contribution in [0.5, 0.6) is 11.5 Å². The second-order valence-corrected chi connectivity index (χ2v) is 10.7. The maximum absolute atomic E-state index is 12.0. The smallest absolute Gasteiger partial charge is 0.306 e. The van der Waals surface area contributed by atoms with Gasteiger partial charge in [-0.15, -0.1) is 0 Å². The molecule has 0 aliphatic rings. The number of nitrogens with zero attached hydrogens (tertiary/aromatic N) is 2. The van der Waals surface area contributed by atoms with Crippen molar-refractivity contribution in [1.29, 1.82) is 0 Å². The Morgan fingerprint density at radius 3 is 1.83 bits per heavy atom. The van der Waals surface area contributed by atoms with Gasteiger partial charge in [-0.05, 0) is 43.0 Å². The first-order valence-corrected chi connectivity index (χ1v) is 15.6. The predicted molar refractivity (Wildman–Crippen MR) is 166 cm³/mol. The summed E-state index contributed by atoms with van der Waals surface area (Å²) in [6, 6.07) is 16.2. The molecular weight excluding hydrogens is 512 g/mol. The number of carbonyl (C=O) groups excluding carboxylic acids is 1. The van der Waals surface area contributed by atoms with E-state index in [1.54, 1.807) is 12.4 Å². The highest BCUT2D eigenvalue weighted by molar-refractivity contribution is 5.69. The van der Waals surface area contributed by atoms with E-state index in [1.807, 2.05) is 43.3 Å². The van der Waals surface area contributed by atoms with Gasteiger partial charge in [0.2, 0.25) is 0 Å². The second-order valence-electron chi connectivity index (χ2n) is 10.7. The molecule has 3 aromatic rings. The molecular formula is C35H48N2O4. The largest absolute Gasteiger partial charge is 0.490 e. The van der Waals surface area contributed by atoms with Crippen LogP contribution in [0.25, 0.3) is 22.5 Å². The van der Waals surface area contributed by atoms with Crippen LogP contribution in [0, 0.1) is 0 Å². The molecule has 6 heteroatoms. The Hall–Kier alpha value is -3.41. The average molecular weight is 561 g/mol. The highest BCUT2D eigenvalue weighted by Crippen LogP contribution is 2.25. The van der Waals surface area contributed by atoms with Gasteiger partial charge in [0.05, 0.1) is 19.0 Å². The molecule has 222 valence electrons. The molecule has 2 aromatic carbocycles. The van der Waals surface area contributed by atoms with Gasteiger partial charge >= 0.3 is 5.97 Å². The Morgan fingerprint density at radius 1 is 0.659 bits per heavy atom. The Bertz CT molecular complexity index is 1110. The second kappa shape index (κ2) is 18.8. The third kappa shape index (κ3) is 12.3. The molecule has 0 unspecified atom stereocenters. The maximum atomic E-state index is 12.0. The van der Waals surface area contributed by atoms with Gasteiger partial charge in [0.1, 0.15) is 18.5 Å². The highest BCUT2D eigenvalue weighted by Gasteiger charge is 2.11. The van der Waals surface area contributed by atoms with Crippen molar-refractivity contribution in [2.24, 2.45) is 0 Å². The van der Waals surface area contributed by atoms with Crippen LogP contribution >= 0.6 is 0 Å². The summed E-state index contributed by atoms with van der Waals surface area (Å²) in [4.78, 5) is 21.0. The van der Waals surface area contributed by atoms with E-state index in [9.17, 15) is 4.79 Å². The fraction of sp³-hybridized carbons (Fsp3) is 0.514. The van der Waals surface area contributed by atoms with Gasteiger partial charge in [0.15, 0.2) is 11.6 Å². The van der Waals surface area contributed by atoms with Crippen LogP contribution in [-0.4, -0.2) is 35.3 Å². The van der Waals surface area contributed by atoms with Gasteiger partial charge in [-0.2, -0.15) is 0 Å². The van der Waals surface area contributed by atoms with E-state index in [-0.39, 0.29) is 12.1 Å². The summed E-state index contributed by atoms with van der Waals surface area (Å²) >= 11 is 0. The molecule has 6 nitrogen and oxygen atoms in total. The monoisotopic (exact) mass is 560 g/mol. The summed E-state index contributed by atoms with van der Waals surface area (Å²) in [5.74, 6) is 2.00. The minimum Gasteiger partial charge on any atom is -0.490 e. The Labute approximate surface area is 246 Å². The topological polar surface area (TPSA) is 70.5 Å². The number of esters is 1. The number of aromatic nitrogens is 2. The average Bonchev–Trinajstić information content (AvgIpc) is 3.00. The summed E-state index contributed by atoms with van der Waals surface area (Å²) in [6.45, 7) is 7.33. The van der Waals surface area contributed by atoms with Crippen molar-refractivity contribution in [3.63, 3.8) is 0 Å². The Balaban J connectivity index is 1.40. The summed E-state index contributed by atoms with van der Waals surface area (Å²) in [7, 11) is 0. The number of ether oxygens (including phenoxy) is 3. The molecule has 1 aromatic heterocycles. The number of carbonyl (C=O) groups is 1. The van der Waals surface area contributed by atoms with Crippen LogP contribution in [0.3, 0.4) is 0 Å². The van der Waals surface area contributed by atoms with Crippen LogP contribution in [0.4, 0.5) is 0 Å². The van der Waals surface area contributed by atoms with Gasteiger partial charge in [0, 0.05) is 12.0 Å². The molecule has 0 spiro atoms. The van der Waals surface area contributed by atoms with Crippen LogP contribution in [0.15, 0.2) is 60.9 Å². The molecule has 0 saturated heterocycles. The fourth-order valence-electron chi connectivity index (χ4n) is 4.57. The lowest BCUT2D eigenvalue weighted by molar-refractivity contribution is -0.149. The van der Waals surface area contributed by atoms with Crippen molar-refractivity contribution in [1.82, 2.24) is 9.97 Å². The van der Waals surface area contributed by atoms with Crippen molar-refractivity contribution in [3.05, 3.63) is 60.9 Å². The lowest BCUT2D eigenvalue weighted by atomic mass is 10.0. The molecule has 0 aliphatic heterocycles. The van der Waals surface area contributed by atoms with Crippen molar-refractivity contribution >= 4 is 5.97 Å². The Kier molecular flexibility index (Phi) is 14.8. The normalized spacial score (nSPS) is 11.7. The van der Waals surface area contributed by atoms with E-state index in [0.29, 0.717) is 31.2 Å². The molecule has 0 aliphatic carbocycles. The summed E-state index contributed by atoms with van der Waals surface area (Å²) in [5, 5.41) is 0. The molecule has 0 saturated carbocycles. The first kappa shape index (κ1) is 32.1. The van der Waals surface area contributed by atoms with Crippen LogP contribution in [0.2, 0.25) is 0 Å². The lowest BCUT2D eigenvalue weighted by Crippen LogP contribution is -2.21. The summed E-state index contributed by atoms with van der Waals surface area (Å²) < 4.78 is 17.1. The van der Waals surface area contributed by atoms with Gasteiger partial charge in [-0.3, -0.25) is 4.79 Å². The van der Waals surface area contributed by atoms with Gasteiger partial charge < -0.3 is 14.2 Å². The van der Waals surface area contributed by atoms with Crippen LogP contribution < -0.4 is 9.47 Å². The maximum Gasteiger partial charge on any atom is 0.306 e. The van der Waals surface area contributed by atoms with E-state index >= 15 is 0 Å². The predicted octanol–water partition coefficient (Wildman–Crippen LogP) is 9.22. The van der Waals surface area contributed by atoms with E-state index in [0.717, 1.165) is 41.7 Å². The molecule has 3 rings (SSSR count). The standard InChI is InChI=1S/C35H48N2O4/c1-4-6-8-10-12-14-24-39-33-25-36-35(37-26-33)31-18-16-29(17-19-31)30-20-22-32(23-21-30)40-27-28(3)41-34(38)15-13-11-9-7-5-2/h16-23,25-26,28H,4-15,24,27H2,1-3H3/t28-/m1/s1. The van der Waals surface area contributed by atoms with E-state index in [1.165, 1.54) is 51.4 Å². The van der Waals surface area contributed by atoms with E-state index in [2.05, 4.69) is 35.9 Å². The first-order chi connectivity index (χ1) is 20.1. The number of unbranched alkanes of at least 4 members (excludes halogenated alkanes) is 9. The zero-order valence-corrected chi connectivity index (χ0v) is 25.3. The van der Waals surface area contributed by atoms with Crippen molar-refractivity contribution in [2.75, 3.05) is 13.2 Å². The zero-order chi connectivity index (χ0) is 29.1. The van der Waals surface area contributed by atoms with Crippen LogP contribution in [-0.2, 0) is 9.53 Å². The minimum atomic E-state index is -0.284. The zero-order valence-electron chi connectivity index (χ0n) is 25.3. The highest BCUT2D eigenvalue weighted by atomic mass is 16.6. The molecule has 0 N–H and O–H groups in total. The quantitative estimate of drug-likeness (QED) is 0.101. The summed E-state index contributed by atoms with van der Waals surface area (Å²) in [6.07, 6.45) is 16.7. The fourth-order valence-corrected chi connectivity index (χ4v) is 4.57. The van der Waals surface area contributed by atoms with Crippen LogP contribution in [0.1, 0.15) is 97.8 Å². The number of benzene rings is 2. The summed E-state index contributed by atoms with van der Waals surface area (Å²) in [5.41, 5.74) is 3.15. The lowest BCUT2D eigenvalue weighted by Gasteiger charge is -2.15. The van der Waals surface area contributed by atoms with Gasteiger partial charge in [-0.1, -0.05) is 108 Å². The number of hydrogen-bond acceptors (Lipinski definition) is 6. The van der Waals surface area contributed by atoms with E-state index in [4.69, 9.17) is 14.2 Å². The Morgan fingerprint density at radius 2 is 1.20 bits per heavy atom. The number of hydrogen-bond donors (Lipinski definition) is 0. The van der Waals surface area contributed by atoms with Crippen molar-refractivity contribution in [2.45, 2.75) is 104 Å². The minimum absolute atomic E-state index is 0.144. The van der Waals surface area contributed by atoms with Crippen molar-refractivity contribution in [3.8, 4) is 34.0 Å². The molecule has 0 fully saturated rings. The third-order valence-corrected chi connectivity index (χ3v) is 7.03. The molecule has 0 amide bonds. The molecule has 1 atom stereocenters. The SMILES string of the molecule is CCCCCCCCOc1cnc(-c2ccc(-c3ccc(OC[C@@H](C)OC(=O)CCCCCCC)cc3)cc2)nc1. The van der Waals surface area contributed by atoms with E-state index < -0.39 is 0 Å². The first-order valence-electron chi connectivity index (χ1n) is 15.6. The molecule has 0 radical (unpaired) electrons. The molecule has 1 heterocycles. The van der Waals surface area contributed by atoms with Gasteiger partial charge in [-0.25, -0.2) is 9.97 Å². The third-order valence-electron chi connectivity index (χ3n) is 7.03. The molecule has 41 heavy (non-hydrogen) atoms.